The van der Waals surface area contributed by atoms with E-state index in [2.05, 4.69) is 4.98 Å². The highest BCUT2D eigenvalue weighted by atomic mass is 35.5. The maximum Gasteiger partial charge on any atom is 0.328 e. The number of hydrogen-bond donors (Lipinski definition) is 2. The molecular formula is C14H13ClN2O4. The Balaban J connectivity index is 2.25. The van der Waals surface area contributed by atoms with Crippen LogP contribution < -0.4 is 11.2 Å². The van der Waals surface area contributed by atoms with E-state index in [9.17, 15) is 14.4 Å². The van der Waals surface area contributed by atoms with Crippen molar-refractivity contribution in [1.29, 1.82) is 0 Å². The molecule has 0 spiro atoms. The molecule has 1 aromatic heterocycles. The molecule has 1 aromatic carbocycles. The number of nitrogens with one attached hydrogen (secondary N) is 1. The third-order valence-corrected chi connectivity index (χ3v) is 3.44. The Bertz CT molecular complexity index is 777. The van der Waals surface area contributed by atoms with Gasteiger partial charge in [0.15, 0.2) is 0 Å². The minimum atomic E-state index is -0.897. The smallest absolute Gasteiger partial charge is 0.328 e. The van der Waals surface area contributed by atoms with Gasteiger partial charge in [-0.15, -0.1) is 0 Å². The number of carboxylic acid groups (broad SMARTS) is 1. The Labute approximate surface area is 124 Å². The molecule has 21 heavy (non-hydrogen) atoms. The van der Waals surface area contributed by atoms with Crippen LogP contribution in [0.1, 0.15) is 24.0 Å². The SMILES string of the molecule is CC(C(=O)O)c1ccc(Cn2cc(Cl)c(=O)[nH]c2=O)cc1. The van der Waals surface area contributed by atoms with Crippen molar-refractivity contribution >= 4 is 17.6 Å². The highest BCUT2D eigenvalue weighted by molar-refractivity contribution is 6.30. The Hall–Kier alpha value is -2.34. The Kier molecular flexibility index (Phi) is 4.28. The van der Waals surface area contributed by atoms with Crippen molar-refractivity contribution in [3.63, 3.8) is 0 Å². The number of benzene rings is 1. The molecule has 2 N–H and O–H groups in total. The average Bonchev–Trinajstić information content (AvgIpc) is 2.44. The lowest BCUT2D eigenvalue weighted by molar-refractivity contribution is -0.138. The second kappa shape index (κ2) is 5.97. The van der Waals surface area contributed by atoms with E-state index < -0.39 is 23.1 Å². The maximum atomic E-state index is 11.6. The quantitative estimate of drug-likeness (QED) is 0.893. The molecule has 0 radical (unpaired) electrons. The molecule has 0 aliphatic carbocycles. The Morgan fingerprint density at radius 2 is 1.95 bits per heavy atom. The molecule has 0 fully saturated rings. The van der Waals surface area contributed by atoms with E-state index in [0.29, 0.717) is 5.56 Å². The summed E-state index contributed by atoms with van der Waals surface area (Å²) >= 11 is 5.68. The lowest BCUT2D eigenvalue weighted by Gasteiger charge is -2.09. The number of nitrogens with zero attached hydrogens (tertiary/aromatic N) is 1. The fourth-order valence-corrected chi connectivity index (χ4v) is 2.02. The van der Waals surface area contributed by atoms with Gasteiger partial charge >= 0.3 is 11.7 Å². The lowest BCUT2D eigenvalue weighted by atomic mass is 10.00. The average molecular weight is 309 g/mol. The summed E-state index contributed by atoms with van der Waals surface area (Å²) in [5, 5.41) is 8.87. The summed E-state index contributed by atoms with van der Waals surface area (Å²) in [6.07, 6.45) is 1.27. The normalized spacial score (nSPS) is 12.1. The largest absolute Gasteiger partial charge is 0.481 e. The van der Waals surface area contributed by atoms with Crippen LogP contribution in [-0.2, 0) is 11.3 Å². The summed E-state index contributed by atoms with van der Waals surface area (Å²) in [7, 11) is 0. The van der Waals surface area contributed by atoms with E-state index in [-0.39, 0.29) is 11.6 Å². The van der Waals surface area contributed by atoms with Crippen LogP contribution in [-0.4, -0.2) is 20.6 Å². The molecular weight excluding hydrogens is 296 g/mol. The predicted molar refractivity (Wildman–Crippen MR) is 77.9 cm³/mol. The molecule has 0 saturated carbocycles. The summed E-state index contributed by atoms with van der Waals surface area (Å²) < 4.78 is 1.28. The zero-order chi connectivity index (χ0) is 15.6. The van der Waals surface area contributed by atoms with Crippen LogP contribution in [0, 0.1) is 0 Å². The van der Waals surface area contributed by atoms with Crippen LogP contribution >= 0.6 is 11.6 Å². The molecule has 0 aliphatic rings. The molecule has 2 rings (SSSR count). The van der Waals surface area contributed by atoms with Gasteiger partial charge in [-0.3, -0.25) is 19.1 Å². The van der Waals surface area contributed by atoms with Crippen LogP contribution in [0.5, 0.6) is 0 Å². The van der Waals surface area contributed by atoms with Crippen LogP contribution in [0.2, 0.25) is 5.02 Å². The van der Waals surface area contributed by atoms with Crippen molar-refractivity contribution < 1.29 is 9.90 Å². The number of aliphatic carboxylic acids is 1. The molecule has 1 unspecified atom stereocenters. The zero-order valence-electron chi connectivity index (χ0n) is 11.2. The Morgan fingerprint density at radius 3 is 2.52 bits per heavy atom. The van der Waals surface area contributed by atoms with Crippen molar-refractivity contribution in [3.8, 4) is 0 Å². The van der Waals surface area contributed by atoms with Gasteiger partial charge in [-0.25, -0.2) is 4.79 Å². The number of carbonyl (C=O) groups is 1. The summed E-state index contributed by atoms with van der Waals surface area (Å²) in [6, 6.07) is 6.87. The molecule has 1 atom stereocenters. The summed E-state index contributed by atoms with van der Waals surface area (Å²) in [4.78, 5) is 35.8. The van der Waals surface area contributed by atoms with Crippen molar-refractivity contribution in [2.75, 3.05) is 0 Å². The molecule has 6 nitrogen and oxygen atoms in total. The summed E-state index contributed by atoms with van der Waals surface area (Å²) in [5.74, 6) is -1.49. The van der Waals surface area contributed by atoms with Gasteiger partial charge in [-0.05, 0) is 18.1 Å². The highest BCUT2D eigenvalue weighted by Crippen LogP contribution is 2.16. The third kappa shape index (κ3) is 3.41. The standard InChI is InChI=1S/C14H13ClN2O4/c1-8(13(19)20)10-4-2-9(3-5-10)6-17-7-11(15)12(18)16-14(17)21/h2-5,7-8H,6H2,1H3,(H,19,20)(H,16,18,21). The fraction of sp³-hybridized carbons (Fsp3) is 0.214. The van der Waals surface area contributed by atoms with Gasteiger partial charge in [0, 0.05) is 6.20 Å². The monoisotopic (exact) mass is 308 g/mol. The second-order valence-electron chi connectivity index (χ2n) is 4.67. The van der Waals surface area contributed by atoms with Crippen molar-refractivity contribution in [1.82, 2.24) is 9.55 Å². The van der Waals surface area contributed by atoms with E-state index in [1.807, 2.05) is 0 Å². The highest BCUT2D eigenvalue weighted by Gasteiger charge is 2.13. The molecule has 0 amide bonds. The van der Waals surface area contributed by atoms with Crippen LogP contribution in [0.3, 0.4) is 0 Å². The van der Waals surface area contributed by atoms with Gasteiger partial charge in [0.2, 0.25) is 0 Å². The van der Waals surface area contributed by atoms with E-state index >= 15 is 0 Å². The van der Waals surface area contributed by atoms with Crippen LogP contribution in [0.25, 0.3) is 0 Å². The van der Waals surface area contributed by atoms with Gasteiger partial charge in [-0.2, -0.15) is 0 Å². The lowest BCUT2D eigenvalue weighted by Crippen LogP contribution is -2.29. The first-order chi connectivity index (χ1) is 9.88. The van der Waals surface area contributed by atoms with E-state index in [1.54, 1.807) is 31.2 Å². The first kappa shape index (κ1) is 15.1. The number of aromatic amines is 1. The predicted octanol–water partition coefficient (Wildman–Crippen LogP) is 1.43. The fourth-order valence-electron chi connectivity index (χ4n) is 1.85. The molecule has 2 aromatic rings. The molecule has 1 heterocycles. The molecule has 0 saturated heterocycles. The first-order valence-corrected chi connectivity index (χ1v) is 6.57. The summed E-state index contributed by atoms with van der Waals surface area (Å²) in [6.45, 7) is 1.83. The number of carboxylic acids is 1. The third-order valence-electron chi connectivity index (χ3n) is 3.17. The number of H-pyrrole nitrogens is 1. The van der Waals surface area contributed by atoms with Gasteiger partial charge in [0.25, 0.3) is 5.56 Å². The number of rotatable bonds is 4. The zero-order valence-corrected chi connectivity index (χ0v) is 11.9. The second-order valence-corrected chi connectivity index (χ2v) is 5.07. The van der Waals surface area contributed by atoms with Gasteiger partial charge < -0.3 is 5.11 Å². The van der Waals surface area contributed by atoms with Crippen LogP contribution in [0.4, 0.5) is 0 Å². The molecule has 110 valence electrons. The number of hydrogen-bond acceptors (Lipinski definition) is 3. The van der Waals surface area contributed by atoms with Crippen molar-refractivity contribution in [2.24, 2.45) is 0 Å². The van der Waals surface area contributed by atoms with E-state index in [0.717, 1.165) is 5.56 Å². The van der Waals surface area contributed by atoms with E-state index in [4.69, 9.17) is 16.7 Å². The molecule has 0 aliphatic heterocycles. The van der Waals surface area contributed by atoms with Crippen molar-refractivity contribution in [2.45, 2.75) is 19.4 Å². The maximum absolute atomic E-state index is 11.6. The van der Waals surface area contributed by atoms with Gasteiger partial charge in [-0.1, -0.05) is 35.9 Å². The number of halogens is 1. The van der Waals surface area contributed by atoms with Gasteiger partial charge in [0.05, 0.1) is 12.5 Å². The Morgan fingerprint density at radius 1 is 1.33 bits per heavy atom. The van der Waals surface area contributed by atoms with E-state index in [1.165, 1.54) is 10.8 Å². The topological polar surface area (TPSA) is 92.2 Å². The van der Waals surface area contributed by atoms with Crippen LogP contribution in [0.15, 0.2) is 40.1 Å². The van der Waals surface area contributed by atoms with Gasteiger partial charge in [0.1, 0.15) is 5.02 Å². The number of aromatic nitrogens is 2. The first-order valence-electron chi connectivity index (χ1n) is 6.19. The summed E-state index contributed by atoms with van der Waals surface area (Å²) in [5.41, 5.74) is 0.301. The van der Waals surface area contributed by atoms with Crippen molar-refractivity contribution in [3.05, 3.63) is 67.4 Å². The minimum absolute atomic E-state index is 0.0641. The molecule has 0 bridgehead atoms. The minimum Gasteiger partial charge on any atom is -0.481 e. The molecule has 7 heteroatoms.